The largest absolute Gasteiger partial charge is 0.384 e. The molecule has 0 amide bonds. The van der Waals surface area contributed by atoms with Crippen molar-refractivity contribution in [2.75, 3.05) is 30.3 Å². The van der Waals surface area contributed by atoms with Crippen LogP contribution < -0.4 is 10.6 Å². The second-order valence-electron chi connectivity index (χ2n) is 3.57. The molecule has 4 heteroatoms. The van der Waals surface area contributed by atoms with E-state index in [0.29, 0.717) is 11.9 Å². The second-order valence-corrected chi connectivity index (χ2v) is 3.57. The number of nitrogen functional groups attached to an aromatic ring is 1. The third-order valence-corrected chi connectivity index (χ3v) is 2.38. The molecule has 1 aromatic rings. The van der Waals surface area contributed by atoms with Gasteiger partial charge in [-0.25, -0.2) is 4.98 Å². The molecule has 1 aromatic heterocycles. The van der Waals surface area contributed by atoms with Crippen molar-refractivity contribution in [3.8, 4) is 0 Å². The van der Waals surface area contributed by atoms with Gasteiger partial charge in [-0.15, -0.1) is 0 Å². The first kappa shape index (κ1) is 9.27. The lowest BCUT2D eigenvalue weighted by atomic mass is 10.2. The fourth-order valence-corrected chi connectivity index (χ4v) is 1.64. The molecule has 76 valence electrons. The monoisotopic (exact) mass is 193 g/mol. The van der Waals surface area contributed by atoms with Crippen molar-refractivity contribution in [1.82, 2.24) is 4.98 Å². The molecule has 0 radical (unpaired) electrons. The van der Waals surface area contributed by atoms with Gasteiger partial charge in [-0.2, -0.15) is 0 Å². The SMILES string of the molecule is C[C@@H]1CN(c2ccc(N)nc2)CCO1. The first-order valence-corrected chi connectivity index (χ1v) is 4.84. The van der Waals surface area contributed by atoms with Crippen LogP contribution in [0.4, 0.5) is 11.5 Å². The molecule has 1 saturated heterocycles. The maximum atomic E-state index is 5.53. The molecule has 0 spiro atoms. The van der Waals surface area contributed by atoms with Crippen LogP contribution in [-0.2, 0) is 4.74 Å². The Morgan fingerprint density at radius 2 is 2.43 bits per heavy atom. The number of aromatic nitrogens is 1. The zero-order valence-electron chi connectivity index (χ0n) is 8.31. The predicted molar refractivity (Wildman–Crippen MR) is 56.3 cm³/mol. The maximum Gasteiger partial charge on any atom is 0.123 e. The molecule has 2 rings (SSSR count). The van der Waals surface area contributed by atoms with Crippen LogP contribution >= 0.6 is 0 Å². The summed E-state index contributed by atoms with van der Waals surface area (Å²) < 4.78 is 5.47. The van der Waals surface area contributed by atoms with Gasteiger partial charge < -0.3 is 15.4 Å². The average Bonchev–Trinajstić information content (AvgIpc) is 2.19. The summed E-state index contributed by atoms with van der Waals surface area (Å²) in [5, 5.41) is 0. The number of hydrogen-bond acceptors (Lipinski definition) is 4. The van der Waals surface area contributed by atoms with Gasteiger partial charge in [0.15, 0.2) is 0 Å². The van der Waals surface area contributed by atoms with Crippen molar-refractivity contribution < 1.29 is 4.74 Å². The fourth-order valence-electron chi connectivity index (χ4n) is 1.64. The van der Waals surface area contributed by atoms with E-state index >= 15 is 0 Å². The summed E-state index contributed by atoms with van der Waals surface area (Å²) in [6.45, 7) is 4.71. The van der Waals surface area contributed by atoms with E-state index in [-0.39, 0.29) is 0 Å². The summed E-state index contributed by atoms with van der Waals surface area (Å²) in [5.41, 5.74) is 6.65. The molecule has 2 heterocycles. The van der Waals surface area contributed by atoms with Crippen molar-refractivity contribution >= 4 is 11.5 Å². The first-order chi connectivity index (χ1) is 6.75. The van der Waals surface area contributed by atoms with Gasteiger partial charge in [-0.05, 0) is 19.1 Å². The van der Waals surface area contributed by atoms with E-state index in [2.05, 4.69) is 16.8 Å². The molecule has 4 nitrogen and oxygen atoms in total. The minimum Gasteiger partial charge on any atom is -0.384 e. The topological polar surface area (TPSA) is 51.4 Å². The molecule has 1 atom stereocenters. The van der Waals surface area contributed by atoms with E-state index in [0.717, 1.165) is 25.4 Å². The summed E-state index contributed by atoms with van der Waals surface area (Å²) in [6, 6.07) is 3.83. The lowest BCUT2D eigenvalue weighted by molar-refractivity contribution is 0.0532. The third-order valence-electron chi connectivity index (χ3n) is 2.38. The number of nitrogens with two attached hydrogens (primary N) is 1. The molecule has 2 N–H and O–H groups in total. The summed E-state index contributed by atoms with van der Waals surface area (Å²) in [4.78, 5) is 6.34. The molecule has 0 bridgehead atoms. The molecule has 1 aliphatic heterocycles. The number of pyridine rings is 1. The van der Waals surface area contributed by atoms with E-state index in [1.807, 2.05) is 18.3 Å². The summed E-state index contributed by atoms with van der Waals surface area (Å²) in [6.07, 6.45) is 2.11. The Morgan fingerprint density at radius 3 is 3.07 bits per heavy atom. The van der Waals surface area contributed by atoms with E-state index in [1.54, 1.807) is 0 Å². The van der Waals surface area contributed by atoms with Crippen LogP contribution in [0.2, 0.25) is 0 Å². The fraction of sp³-hybridized carbons (Fsp3) is 0.500. The number of anilines is 2. The molecule has 0 aliphatic carbocycles. The van der Waals surface area contributed by atoms with E-state index < -0.39 is 0 Å². The first-order valence-electron chi connectivity index (χ1n) is 4.84. The average molecular weight is 193 g/mol. The minimum atomic E-state index is 0.293. The Kier molecular flexibility index (Phi) is 2.54. The normalized spacial score (nSPS) is 22.4. The zero-order valence-corrected chi connectivity index (χ0v) is 8.31. The maximum absolute atomic E-state index is 5.53. The number of ether oxygens (including phenoxy) is 1. The Balaban J connectivity index is 2.10. The van der Waals surface area contributed by atoms with Crippen LogP contribution in [0.1, 0.15) is 6.92 Å². The highest BCUT2D eigenvalue weighted by atomic mass is 16.5. The Morgan fingerprint density at radius 1 is 1.57 bits per heavy atom. The van der Waals surface area contributed by atoms with Crippen molar-refractivity contribution in [3.05, 3.63) is 18.3 Å². The Hall–Kier alpha value is -1.29. The van der Waals surface area contributed by atoms with Gasteiger partial charge in [0.05, 0.1) is 24.6 Å². The van der Waals surface area contributed by atoms with Crippen molar-refractivity contribution in [1.29, 1.82) is 0 Å². The van der Waals surface area contributed by atoms with Crippen molar-refractivity contribution in [2.45, 2.75) is 13.0 Å². The highest BCUT2D eigenvalue weighted by Gasteiger charge is 2.16. The molecular formula is C10H15N3O. The van der Waals surface area contributed by atoms with E-state index in [9.17, 15) is 0 Å². The lowest BCUT2D eigenvalue weighted by Gasteiger charge is -2.32. The van der Waals surface area contributed by atoms with Gasteiger partial charge in [0, 0.05) is 13.1 Å². The lowest BCUT2D eigenvalue weighted by Crippen LogP contribution is -2.41. The van der Waals surface area contributed by atoms with Crippen LogP contribution in [0.25, 0.3) is 0 Å². The van der Waals surface area contributed by atoms with Crippen LogP contribution in [-0.4, -0.2) is 30.8 Å². The minimum absolute atomic E-state index is 0.293. The Bertz CT molecular complexity index is 299. The van der Waals surface area contributed by atoms with Gasteiger partial charge >= 0.3 is 0 Å². The van der Waals surface area contributed by atoms with Gasteiger partial charge in [0.25, 0.3) is 0 Å². The predicted octanol–water partition coefficient (Wildman–Crippen LogP) is 0.889. The summed E-state index contributed by atoms with van der Waals surface area (Å²) in [7, 11) is 0. The number of rotatable bonds is 1. The van der Waals surface area contributed by atoms with Crippen LogP contribution in [0.5, 0.6) is 0 Å². The summed E-state index contributed by atoms with van der Waals surface area (Å²) in [5.74, 6) is 0.565. The van der Waals surface area contributed by atoms with Gasteiger partial charge in [0.2, 0.25) is 0 Å². The standard InChI is InChI=1S/C10H15N3O/c1-8-7-13(4-5-14-8)9-2-3-10(11)12-6-9/h2-3,6,8H,4-5,7H2,1H3,(H2,11,12)/t8-/m1/s1. The smallest absolute Gasteiger partial charge is 0.123 e. The third kappa shape index (κ3) is 1.96. The van der Waals surface area contributed by atoms with Gasteiger partial charge in [0.1, 0.15) is 5.82 Å². The van der Waals surface area contributed by atoms with Crippen LogP contribution in [0.3, 0.4) is 0 Å². The van der Waals surface area contributed by atoms with Crippen molar-refractivity contribution in [2.24, 2.45) is 0 Å². The van der Waals surface area contributed by atoms with E-state index in [1.165, 1.54) is 0 Å². The van der Waals surface area contributed by atoms with Crippen LogP contribution in [0.15, 0.2) is 18.3 Å². The zero-order chi connectivity index (χ0) is 9.97. The molecule has 0 unspecified atom stereocenters. The second kappa shape index (κ2) is 3.84. The quantitative estimate of drug-likeness (QED) is 0.719. The van der Waals surface area contributed by atoms with Crippen LogP contribution in [0, 0.1) is 0 Å². The van der Waals surface area contributed by atoms with Gasteiger partial charge in [-0.3, -0.25) is 0 Å². The molecule has 14 heavy (non-hydrogen) atoms. The molecule has 0 saturated carbocycles. The number of morpholine rings is 1. The highest BCUT2D eigenvalue weighted by Crippen LogP contribution is 2.16. The molecule has 0 aromatic carbocycles. The molecular weight excluding hydrogens is 178 g/mol. The molecule has 1 fully saturated rings. The van der Waals surface area contributed by atoms with E-state index in [4.69, 9.17) is 10.5 Å². The summed E-state index contributed by atoms with van der Waals surface area (Å²) >= 11 is 0. The van der Waals surface area contributed by atoms with Gasteiger partial charge in [-0.1, -0.05) is 0 Å². The Labute approximate surface area is 83.7 Å². The highest BCUT2D eigenvalue weighted by molar-refractivity contribution is 5.48. The molecule has 1 aliphatic rings. The van der Waals surface area contributed by atoms with Crippen molar-refractivity contribution in [3.63, 3.8) is 0 Å². The number of hydrogen-bond donors (Lipinski definition) is 1. The number of nitrogens with zero attached hydrogens (tertiary/aromatic N) is 2.